The molecule has 2 rings (SSSR count). The molecule has 0 radical (unpaired) electrons. The third-order valence-electron chi connectivity index (χ3n) is 3.38. The molecular weight excluding hydrogens is 214 g/mol. The molecule has 4 nitrogen and oxygen atoms in total. The van der Waals surface area contributed by atoms with Crippen molar-refractivity contribution >= 4 is 5.91 Å². The van der Waals surface area contributed by atoms with Crippen LogP contribution >= 0.6 is 0 Å². The maximum Gasteiger partial charge on any atom is 0.237 e. The summed E-state index contributed by atoms with van der Waals surface area (Å²) >= 11 is 0. The smallest absolute Gasteiger partial charge is 0.237 e. The first kappa shape index (κ1) is 12.0. The summed E-state index contributed by atoms with van der Waals surface area (Å²) in [6.07, 6.45) is 4.56. The molecule has 2 heterocycles. The summed E-state index contributed by atoms with van der Waals surface area (Å²) in [6, 6.07) is 3.84. The van der Waals surface area contributed by atoms with Crippen molar-refractivity contribution < 1.29 is 4.79 Å². The summed E-state index contributed by atoms with van der Waals surface area (Å²) in [5, 5.41) is 6.28. The fourth-order valence-corrected chi connectivity index (χ4v) is 2.22. The van der Waals surface area contributed by atoms with Crippen molar-refractivity contribution in [3.8, 4) is 0 Å². The lowest BCUT2D eigenvalue weighted by molar-refractivity contribution is -0.124. The van der Waals surface area contributed by atoms with Crippen LogP contribution in [0.2, 0.25) is 0 Å². The van der Waals surface area contributed by atoms with Gasteiger partial charge in [-0.15, -0.1) is 0 Å². The Hall–Kier alpha value is -1.42. The highest BCUT2D eigenvalue weighted by Gasteiger charge is 2.29. The van der Waals surface area contributed by atoms with E-state index < -0.39 is 0 Å². The van der Waals surface area contributed by atoms with E-state index in [0.717, 1.165) is 18.5 Å². The molecular formula is C13H19N3O. The van der Waals surface area contributed by atoms with Crippen molar-refractivity contribution in [1.82, 2.24) is 15.6 Å². The average Bonchev–Trinajstić information content (AvgIpc) is 2.76. The van der Waals surface area contributed by atoms with Crippen molar-refractivity contribution in [2.75, 3.05) is 6.54 Å². The van der Waals surface area contributed by atoms with E-state index in [1.165, 1.54) is 0 Å². The number of carbonyl (C=O) groups is 1. The lowest BCUT2D eigenvalue weighted by atomic mass is 10.0. The zero-order chi connectivity index (χ0) is 12.3. The van der Waals surface area contributed by atoms with Crippen LogP contribution in [0.1, 0.15) is 31.9 Å². The molecule has 1 aliphatic rings. The van der Waals surface area contributed by atoms with E-state index in [9.17, 15) is 4.79 Å². The SMILES string of the molecule is CC1CCNC1C(=O)N[C@H](C)c1ccncc1. The molecule has 0 aromatic carbocycles. The van der Waals surface area contributed by atoms with Gasteiger partial charge in [-0.2, -0.15) is 0 Å². The van der Waals surface area contributed by atoms with Gasteiger partial charge in [0, 0.05) is 12.4 Å². The second-order valence-electron chi connectivity index (χ2n) is 4.71. The van der Waals surface area contributed by atoms with Crippen LogP contribution in [0.4, 0.5) is 0 Å². The van der Waals surface area contributed by atoms with Gasteiger partial charge < -0.3 is 10.6 Å². The predicted molar refractivity (Wildman–Crippen MR) is 66.4 cm³/mol. The third-order valence-corrected chi connectivity index (χ3v) is 3.38. The van der Waals surface area contributed by atoms with Crippen LogP contribution < -0.4 is 10.6 Å². The number of rotatable bonds is 3. The number of amides is 1. The molecule has 0 bridgehead atoms. The highest BCUT2D eigenvalue weighted by molar-refractivity contribution is 5.82. The monoisotopic (exact) mass is 233 g/mol. The summed E-state index contributed by atoms with van der Waals surface area (Å²) < 4.78 is 0. The minimum Gasteiger partial charge on any atom is -0.348 e. The number of carbonyl (C=O) groups excluding carboxylic acids is 1. The Morgan fingerprint density at radius 1 is 1.53 bits per heavy atom. The van der Waals surface area contributed by atoms with Crippen LogP contribution in [-0.2, 0) is 4.79 Å². The lowest BCUT2D eigenvalue weighted by Crippen LogP contribution is -2.44. The fraction of sp³-hybridized carbons (Fsp3) is 0.538. The van der Waals surface area contributed by atoms with E-state index in [4.69, 9.17) is 0 Å². The molecule has 1 aromatic heterocycles. The van der Waals surface area contributed by atoms with Gasteiger partial charge in [-0.05, 0) is 43.5 Å². The summed E-state index contributed by atoms with van der Waals surface area (Å²) in [6.45, 7) is 5.04. The summed E-state index contributed by atoms with van der Waals surface area (Å²) in [5.74, 6) is 0.513. The first-order chi connectivity index (χ1) is 8.18. The normalized spacial score (nSPS) is 25.5. The van der Waals surface area contributed by atoms with Gasteiger partial charge in [0.15, 0.2) is 0 Å². The summed E-state index contributed by atoms with van der Waals surface area (Å²) in [4.78, 5) is 16.0. The van der Waals surface area contributed by atoms with Crippen molar-refractivity contribution in [2.24, 2.45) is 5.92 Å². The quantitative estimate of drug-likeness (QED) is 0.826. The summed E-state index contributed by atoms with van der Waals surface area (Å²) in [7, 11) is 0. The fourth-order valence-electron chi connectivity index (χ4n) is 2.22. The number of pyridine rings is 1. The zero-order valence-corrected chi connectivity index (χ0v) is 10.3. The van der Waals surface area contributed by atoms with E-state index in [1.807, 2.05) is 19.1 Å². The minimum absolute atomic E-state index is 0.0279. The molecule has 0 aliphatic carbocycles. The topological polar surface area (TPSA) is 54.0 Å². The maximum atomic E-state index is 12.1. The molecule has 4 heteroatoms. The molecule has 3 atom stereocenters. The third kappa shape index (κ3) is 2.82. The second-order valence-corrected chi connectivity index (χ2v) is 4.71. The molecule has 17 heavy (non-hydrogen) atoms. The number of nitrogens with one attached hydrogen (secondary N) is 2. The molecule has 1 saturated heterocycles. The van der Waals surface area contributed by atoms with E-state index in [2.05, 4.69) is 22.5 Å². The van der Waals surface area contributed by atoms with Gasteiger partial charge in [0.1, 0.15) is 0 Å². The van der Waals surface area contributed by atoms with Gasteiger partial charge in [0.2, 0.25) is 5.91 Å². The standard InChI is InChI=1S/C13H19N3O/c1-9-3-8-15-12(9)13(17)16-10(2)11-4-6-14-7-5-11/h4-7,9-10,12,15H,3,8H2,1-2H3,(H,16,17)/t9?,10-,12?/m1/s1. The Morgan fingerprint density at radius 3 is 2.82 bits per heavy atom. The molecule has 1 fully saturated rings. The predicted octanol–water partition coefficient (Wildman–Crippen LogP) is 1.26. The zero-order valence-electron chi connectivity index (χ0n) is 10.3. The van der Waals surface area contributed by atoms with Crippen LogP contribution in [0.25, 0.3) is 0 Å². The van der Waals surface area contributed by atoms with Crippen LogP contribution in [0.5, 0.6) is 0 Å². The van der Waals surface area contributed by atoms with Gasteiger partial charge in [-0.1, -0.05) is 6.92 Å². The molecule has 1 amide bonds. The molecule has 1 aromatic rings. The first-order valence-electron chi connectivity index (χ1n) is 6.12. The van der Waals surface area contributed by atoms with Crippen LogP contribution in [0.15, 0.2) is 24.5 Å². The second kappa shape index (κ2) is 5.27. The van der Waals surface area contributed by atoms with Crippen molar-refractivity contribution in [3.63, 3.8) is 0 Å². The Labute approximate surface area is 102 Å². The Balaban J connectivity index is 1.95. The van der Waals surface area contributed by atoms with E-state index in [-0.39, 0.29) is 18.0 Å². The van der Waals surface area contributed by atoms with Gasteiger partial charge in [0.25, 0.3) is 0 Å². The molecule has 2 unspecified atom stereocenters. The van der Waals surface area contributed by atoms with E-state index >= 15 is 0 Å². The number of nitrogens with zero attached hydrogens (tertiary/aromatic N) is 1. The molecule has 92 valence electrons. The molecule has 0 saturated carbocycles. The maximum absolute atomic E-state index is 12.1. The summed E-state index contributed by atoms with van der Waals surface area (Å²) in [5.41, 5.74) is 1.08. The Bertz CT molecular complexity index is 380. The van der Waals surface area contributed by atoms with Crippen molar-refractivity contribution in [1.29, 1.82) is 0 Å². The Kier molecular flexibility index (Phi) is 3.74. The van der Waals surface area contributed by atoms with Crippen molar-refractivity contribution in [2.45, 2.75) is 32.4 Å². The number of aromatic nitrogens is 1. The van der Waals surface area contributed by atoms with Gasteiger partial charge in [-0.3, -0.25) is 9.78 Å². The lowest BCUT2D eigenvalue weighted by Gasteiger charge is -2.19. The molecule has 1 aliphatic heterocycles. The minimum atomic E-state index is -0.0423. The largest absolute Gasteiger partial charge is 0.348 e. The molecule has 0 spiro atoms. The van der Waals surface area contributed by atoms with E-state index in [1.54, 1.807) is 12.4 Å². The molecule has 2 N–H and O–H groups in total. The Morgan fingerprint density at radius 2 is 2.24 bits per heavy atom. The van der Waals surface area contributed by atoms with Gasteiger partial charge >= 0.3 is 0 Å². The average molecular weight is 233 g/mol. The van der Waals surface area contributed by atoms with Crippen LogP contribution in [-0.4, -0.2) is 23.5 Å². The first-order valence-corrected chi connectivity index (χ1v) is 6.12. The number of hydrogen-bond acceptors (Lipinski definition) is 3. The van der Waals surface area contributed by atoms with E-state index in [0.29, 0.717) is 5.92 Å². The van der Waals surface area contributed by atoms with Gasteiger partial charge in [0.05, 0.1) is 12.1 Å². The van der Waals surface area contributed by atoms with Crippen molar-refractivity contribution in [3.05, 3.63) is 30.1 Å². The highest BCUT2D eigenvalue weighted by atomic mass is 16.2. The van der Waals surface area contributed by atoms with Crippen LogP contribution in [0, 0.1) is 5.92 Å². The van der Waals surface area contributed by atoms with Gasteiger partial charge in [-0.25, -0.2) is 0 Å². The highest BCUT2D eigenvalue weighted by Crippen LogP contribution is 2.16. The van der Waals surface area contributed by atoms with Crippen LogP contribution in [0.3, 0.4) is 0 Å². The number of hydrogen-bond donors (Lipinski definition) is 2.